The summed E-state index contributed by atoms with van der Waals surface area (Å²) in [7, 11) is 0. The van der Waals surface area contributed by atoms with Gasteiger partial charge in [-0.1, -0.05) is 6.07 Å². The Bertz CT molecular complexity index is 502. The minimum Gasteiger partial charge on any atom is -0.398 e. The van der Waals surface area contributed by atoms with Gasteiger partial charge in [-0.25, -0.2) is 0 Å². The maximum Gasteiger partial charge on any atom is 0.225 e. The van der Waals surface area contributed by atoms with Crippen LogP contribution in [0.15, 0.2) is 18.2 Å². The third kappa shape index (κ3) is 4.19. The van der Waals surface area contributed by atoms with E-state index in [0.29, 0.717) is 18.0 Å². The first-order chi connectivity index (χ1) is 9.97. The van der Waals surface area contributed by atoms with Gasteiger partial charge >= 0.3 is 0 Å². The van der Waals surface area contributed by atoms with Gasteiger partial charge in [-0.2, -0.15) is 0 Å². The van der Waals surface area contributed by atoms with Crippen LogP contribution in [0.4, 0.5) is 11.4 Å². The Kier molecular flexibility index (Phi) is 5.20. The molecule has 0 aliphatic carbocycles. The monoisotopic (exact) mass is 291 g/mol. The van der Waals surface area contributed by atoms with Crippen LogP contribution in [-0.4, -0.2) is 41.7 Å². The van der Waals surface area contributed by atoms with Gasteiger partial charge < -0.3 is 21.1 Å². The van der Waals surface area contributed by atoms with Crippen molar-refractivity contribution in [3.8, 4) is 0 Å². The fourth-order valence-corrected chi connectivity index (χ4v) is 2.72. The number of carbonyl (C=O) groups excluding carboxylic acids is 1. The normalized spacial score (nSPS) is 20.4. The van der Waals surface area contributed by atoms with Crippen molar-refractivity contribution in [3.63, 3.8) is 0 Å². The lowest BCUT2D eigenvalue weighted by molar-refractivity contribution is -0.116. The lowest BCUT2D eigenvalue weighted by Crippen LogP contribution is -2.28. The second-order valence-electron chi connectivity index (χ2n) is 5.91. The summed E-state index contributed by atoms with van der Waals surface area (Å²) in [5, 5.41) is 12.5. The van der Waals surface area contributed by atoms with Crippen molar-refractivity contribution in [1.82, 2.24) is 4.90 Å². The Morgan fingerprint density at radius 3 is 3.00 bits per heavy atom. The molecule has 4 N–H and O–H groups in total. The van der Waals surface area contributed by atoms with Gasteiger partial charge in [0, 0.05) is 30.9 Å². The second-order valence-corrected chi connectivity index (χ2v) is 5.91. The Labute approximate surface area is 126 Å². The predicted octanol–water partition coefficient (Wildman–Crippen LogP) is 1.61. The largest absolute Gasteiger partial charge is 0.398 e. The first-order valence-corrected chi connectivity index (χ1v) is 7.52. The maximum absolute atomic E-state index is 12.0. The van der Waals surface area contributed by atoms with E-state index in [1.54, 1.807) is 0 Å². The van der Waals surface area contributed by atoms with Gasteiger partial charge in [-0.05, 0) is 50.4 Å². The maximum atomic E-state index is 12.0. The molecule has 1 aliphatic rings. The van der Waals surface area contributed by atoms with Gasteiger partial charge in [0.25, 0.3) is 0 Å². The van der Waals surface area contributed by atoms with Crippen molar-refractivity contribution in [2.75, 3.05) is 30.7 Å². The first-order valence-electron chi connectivity index (χ1n) is 7.52. The molecule has 5 heteroatoms. The Balaban J connectivity index is 1.79. The Morgan fingerprint density at radius 2 is 2.33 bits per heavy atom. The molecule has 21 heavy (non-hydrogen) atoms. The number of amides is 1. The highest BCUT2D eigenvalue weighted by atomic mass is 16.3. The average molecular weight is 291 g/mol. The van der Waals surface area contributed by atoms with Crippen LogP contribution in [0.5, 0.6) is 0 Å². The highest BCUT2D eigenvalue weighted by Crippen LogP contribution is 2.21. The van der Waals surface area contributed by atoms with Crippen LogP contribution < -0.4 is 11.1 Å². The van der Waals surface area contributed by atoms with E-state index in [-0.39, 0.29) is 12.0 Å². The van der Waals surface area contributed by atoms with Gasteiger partial charge in [-0.3, -0.25) is 4.79 Å². The summed E-state index contributed by atoms with van der Waals surface area (Å²) in [5.74, 6) is 0.341. The Hall–Kier alpha value is -1.59. The van der Waals surface area contributed by atoms with E-state index < -0.39 is 0 Å². The van der Waals surface area contributed by atoms with E-state index >= 15 is 0 Å². The highest BCUT2D eigenvalue weighted by Gasteiger charge is 2.25. The zero-order valence-electron chi connectivity index (χ0n) is 12.8. The molecule has 116 valence electrons. The topological polar surface area (TPSA) is 78.6 Å². The fraction of sp³-hybridized carbons (Fsp3) is 0.562. The minimum absolute atomic E-state index is 0.00389. The van der Waals surface area contributed by atoms with E-state index in [4.69, 9.17) is 5.73 Å². The molecular formula is C16H25N3O2. The molecule has 2 rings (SSSR count). The lowest BCUT2D eigenvalue weighted by atomic mass is 10.0. The highest BCUT2D eigenvalue weighted by molar-refractivity contribution is 5.92. The minimum atomic E-state index is -0.265. The van der Waals surface area contributed by atoms with Crippen LogP contribution >= 0.6 is 0 Å². The van der Waals surface area contributed by atoms with Gasteiger partial charge in [0.2, 0.25) is 5.91 Å². The van der Waals surface area contributed by atoms with Gasteiger partial charge in [0.1, 0.15) is 0 Å². The molecule has 0 saturated carbocycles. The van der Waals surface area contributed by atoms with Crippen molar-refractivity contribution in [2.45, 2.75) is 32.8 Å². The molecule has 0 bridgehead atoms. The summed E-state index contributed by atoms with van der Waals surface area (Å²) < 4.78 is 0. The summed E-state index contributed by atoms with van der Waals surface area (Å²) in [5.41, 5.74) is 8.20. The molecule has 1 aromatic carbocycles. The first kappa shape index (κ1) is 15.8. The van der Waals surface area contributed by atoms with Crippen LogP contribution in [0.3, 0.4) is 0 Å². The number of hydrogen-bond acceptors (Lipinski definition) is 4. The Morgan fingerprint density at radius 1 is 1.57 bits per heavy atom. The number of rotatable bonds is 5. The standard InChI is InChI=1S/C16H25N3O2/c1-11-14(17)4-3-5-15(11)18-16(21)7-9-19-8-6-13(10-19)12(2)20/h3-5,12-13,20H,6-10,17H2,1-2H3,(H,18,21). The number of benzene rings is 1. The van der Waals surface area contributed by atoms with Crippen molar-refractivity contribution >= 4 is 17.3 Å². The molecule has 2 unspecified atom stereocenters. The van der Waals surface area contributed by atoms with Gasteiger partial charge in [-0.15, -0.1) is 0 Å². The van der Waals surface area contributed by atoms with Gasteiger partial charge in [0.15, 0.2) is 0 Å². The summed E-state index contributed by atoms with van der Waals surface area (Å²) in [6, 6.07) is 5.53. The number of hydrogen-bond donors (Lipinski definition) is 3. The second kappa shape index (κ2) is 6.91. The molecule has 0 spiro atoms. The lowest BCUT2D eigenvalue weighted by Gasteiger charge is -2.17. The molecule has 1 amide bonds. The number of likely N-dealkylation sites (tertiary alicyclic amines) is 1. The molecule has 1 aliphatic heterocycles. The summed E-state index contributed by atoms with van der Waals surface area (Å²) in [4.78, 5) is 14.3. The van der Waals surface area contributed by atoms with Crippen molar-refractivity contribution in [3.05, 3.63) is 23.8 Å². The molecule has 1 fully saturated rings. The number of aliphatic hydroxyl groups is 1. The van der Waals surface area contributed by atoms with Crippen LogP contribution in [0.2, 0.25) is 0 Å². The van der Waals surface area contributed by atoms with Crippen LogP contribution in [0.1, 0.15) is 25.3 Å². The molecule has 1 aromatic rings. The number of nitrogens with two attached hydrogens (primary N) is 1. The van der Waals surface area contributed by atoms with E-state index in [0.717, 1.165) is 37.3 Å². The quantitative estimate of drug-likeness (QED) is 0.720. The summed E-state index contributed by atoms with van der Waals surface area (Å²) in [6.07, 6.45) is 1.20. The molecule has 1 saturated heterocycles. The molecule has 2 atom stereocenters. The summed E-state index contributed by atoms with van der Waals surface area (Å²) >= 11 is 0. The number of carbonyl (C=O) groups is 1. The third-order valence-corrected chi connectivity index (χ3v) is 4.30. The van der Waals surface area contributed by atoms with E-state index in [9.17, 15) is 9.90 Å². The zero-order valence-corrected chi connectivity index (χ0v) is 12.8. The summed E-state index contributed by atoms with van der Waals surface area (Å²) in [6.45, 7) is 6.31. The number of nitrogen functional groups attached to an aromatic ring is 1. The van der Waals surface area contributed by atoms with E-state index in [2.05, 4.69) is 10.2 Å². The average Bonchev–Trinajstić information content (AvgIpc) is 2.91. The molecular weight excluding hydrogens is 266 g/mol. The van der Waals surface area contributed by atoms with Gasteiger partial charge in [0.05, 0.1) is 6.10 Å². The molecule has 1 heterocycles. The fourth-order valence-electron chi connectivity index (χ4n) is 2.72. The van der Waals surface area contributed by atoms with E-state index in [1.807, 2.05) is 32.0 Å². The number of anilines is 2. The van der Waals surface area contributed by atoms with Crippen molar-refractivity contribution < 1.29 is 9.90 Å². The molecule has 0 radical (unpaired) electrons. The SMILES string of the molecule is Cc1c(N)cccc1NC(=O)CCN1CCC(C(C)O)C1. The third-order valence-electron chi connectivity index (χ3n) is 4.30. The number of aliphatic hydroxyl groups excluding tert-OH is 1. The van der Waals surface area contributed by atoms with Crippen molar-refractivity contribution in [2.24, 2.45) is 5.92 Å². The van der Waals surface area contributed by atoms with Crippen molar-refractivity contribution in [1.29, 1.82) is 0 Å². The smallest absolute Gasteiger partial charge is 0.225 e. The van der Waals surface area contributed by atoms with Crippen LogP contribution in [0.25, 0.3) is 0 Å². The van der Waals surface area contributed by atoms with E-state index in [1.165, 1.54) is 0 Å². The molecule has 5 nitrogen and oxygen atoms in total. The number of nitrogens with zero attached hydrogens (tertiary/aromatic N) is 1. The zero-order chi connectivity index (χ0) is 15.4. The number of nitrogens with one attached hydrogen (secondary N) is 1. The van der Waals surface area contributed by atoms with Crippen LogP contribution in [-0.2, 0) is 4.79 Å². The van der Waals surface area contributed by atoms with Crippen LogP contribution in [0, 0.1) is 12.8 Å². The molecule has 0 aromatic heterocycles. The predicted molar refractivity (Wildman–Crippen MR) is 85.1 cm³/mol.